The van der Waals surface area contributed by atoms with Gasteiger partial charge < -0.3 is 5.32 Å². The molecule has 3 nitrogen and oxygen atoms in total. The Bertz CT molecular complexity index is 363. The zero-order chi connectivity index (χ0) is 10.7. The Morgan fingerprint density at radius 3 is 3.00 bits per heavy atom. The molecule has 1 fully saturated rings. The number of hydrogen-bond acceptors (Lipinski definition) is 2. The van der Waals surface area contributed by atoms with E-state index in [0.29, 0.717) is 12.3 Å². The van der Waals surface area contributed by atoms with Crippen LogP contribution in [0.3, 0.4) is 0 Å². The van der Waals surface area contributed by atoms with E-state index in [1.807, 2.05) is 0 Å². The normalized spacial score (nSPS) is 15.8. The smallest absolute Gasteiger partial charge is 0.224 e. The molecule has 1 heterocycles. The van der Waals surface area contributed by atoms with Crippen LogP contribution in [-0.2, 0) is 4.79 Å². The third-order valence-corrected chi connectivity index (χ3v) is 3.14. The molecule has 0 aliphatic heterocycles. The van der Waals surface area contributed by atoms with Crippen LogP contribution in [-0.4, -0.2) is 10.9 Å². The third-order valence-electron chi connectivity index (χ3n) is 2.71. The maximum atomic E-state index is 11.6. The molecule has 0 aromatic carbocycles. The van der Waals surface area contributed by atoms with E-state index in [0.717, 1.165) is 10.3 Å². The number of nitrogens with one attached hydrogen (secondary N) is 1. The summed E-state index contributed by atoms with van der Waals surface area (Å²) in [7, 11) is 0. The summed E-state index contributed by atoms with van der Waals surface area (Å²) in [5.41, 5.74) is 0.807. The summed E-state index contributed by atoms with van der Waals surface area (Å²) in [6, 6.07) is 3.60. The highest BCUT2D eigenvalue weighted by atomic mass is 79.9. The molecular formula is C11H13BrN2O. The van der Waals surface area contributed by atoms with E-state index < -0.39 is 0 Å². The number of nitrogens with zero attached hydrogens (tertiary/aromatic N) is 1. The molecule has 15 heavy (non-hydrogen) atoms. The molecule has 4 heteroatoms. The molecule has 1 aliphatic rings. The fourth-order valence-electron chi connectivity index (χ4n) is 1.65. The summed E-state index contributed by atoms with van der Waals surface area (Å²) in [5.74, 6) is 0.716. The molecule has 80 valence electrons. The summed E-state index contributed by atoms with van der Waals surface area (Å²) in [5, 5.41) is 2.87. The van der Waals surface area contributed by atoms with Gasteiger partial charge in [-0.3, -0.25) is 4.79 Å². The lowest BCUT2D eigenvalue weighted by atomic mass is 9.83. The van der Waals surface area contributed by atoms with E-state index in [1.54, 1.807) is 18.3 Å². The predicted molar refractivity (Wildman–Crippen MR) is 62.5 cm³/mol. The zero-order valence-electron chi connectivity index (χ0n) is 8.37. The van der Waals surface area contributed by atoms with Crippen LogP contribution in [0, 0.1) is 5.92 Å². The van der Waals surface area contributed by atoms with Crippen LogP contribution < -0.4 is 5.32 Å². The first-order valence-corrected chi connectivity index (χ1v) is 5.95. The molecule has 1 amide bonds. The maximum Gasteiger partial charge on any atom is 0.224 e. The van der Waals surface area contributed by atoms with E-state index >= 15 is 0 Å². The first-order valence-electron chi connectivity index (χ1n) is 5.15. The van der Waals surface area contributed by atoms with Gasteiger partial charge in [-0.05, 0) is 46.8 Å². The second kappa shape index (κ2) is 4.75. The number of aromatic nitrogens is 1. The van der Waals surface area contributed by atoms with Crippen molar-refractivity contribution in [3.8, 4) is 0 Å². The van der Waals surface area contributed by atoms with Gasteiger partial charge in [0.15, 0.2) is 0 Å². The summed E-state index contributed by atoms with van der Waals surface area (Å²) >= 11 is 3.27. The monoisotopic (exact) mass is 268 g/mol. The largest absolute Gasteiger partial charge is 0.326 e. The van der Waals surface area contributed by atoms with Gasteiger partial charge in [-0.2, -0.15) is 0 Å². The zero-order valence-corrected chi connectivity index (χ0v) is 9.96. The van der Waals surface area contributed by atoms with Crippen molar-refractivity contribution in [1.29, 1.82) is 0 Å². The van der Waals surface area contributed by atoms with Crippen LogP contribution in [0.1, 0.15) is 25.7 Å². The Balaban J connectivity index is 1.87. The topological polar surface area (TPSA) is 42.0 Å². The number of pyridine rings is 1. The highest BCUT2D eigenvalue weighted by Crippen LogP contribution is 2.29. The maximum absolute atomic E-state index is 11.6. The molecule has 1 aromatic rings. The van der Waals surface area contributed by atoms with Crippen molar-refractivity contribution in [1.82, 2.24) is 4.98 Å². The number of carbonyl (C=O) groups is 1. The van der Waals surface area contributed by atoms with Crippen LogP contribution in [0.2, 0.25) is 0 Å². The van der Waals surface area contributed by atoms with Gasteiger partial charge in [0, 0.05) is 18.3 Å². The number of anilines is 1. The van der Waals surface area contributed by atoms with Crippen molar-refractivity contribution in [2.45, 2.75) is 25.7 Å². The van der Waals surface area contributed by atoms with E-state index in [4.69, 9.17) is 0 Å². The lowest BCUT2D eigenvalue weighted by molar-refractivity contribution is -0.117. The molecule has 0 saturated heterocycles. The van der Waals surface area contributed by atoms with Crippen molar-refractivity contribution < 1.29 is 4.79 Å². The first-order chi connectivity index (χ1) is 7.24. The first kappa shape index (κ1) is 10.6. The van der Waals surface area contributed by atoms with E-state index in [-0.39, 0.29) is 5.91 Å². The van der Waals surface area contributed by atoms with Crippen molar-refractivity contribution in [2.24, 2.45) is 5.92 Å². The molecule has 0 atom stereocenters. The number of halogens is 1. The molecule has 1 N–H and O–H groups in total. The average Bonchev–Trinajstić information content (AvgIpc) is 2.11. The van der Waals surface area contributed by atoms with E-state index in [2.05, 4.69) is 26.2 Å². The molecule has 1 aliphatic carbocycles. The predicted octanol–water partition coefficient (Wildman–Crippen LogP) is 2.97. The molecule has 0 unspecified atom stereocenters. The molecule has 1 saturated carbocycles. The van der Waals surface area contributed by atoms with Gasteiger partial charge in [-0.15, -0.1) is 0 Å². The number of hydrogen-bond donors (Lipinski definition) is 1. The second-order valence-corrected chi connectivity index (χ2v) is 4.73. The van der Waals surface area contributed by atoms with Crippen molar-refractivity contribution in [3.63, 3.8) is 0 Å². The minimum atomic E-state index is 0.109. The number of rotatable bonds is 3. The van der Waals surface area contributed by atoms with Crippen LogP contribution in [0.4, 0.5) is 5.69 Å². The SMILES string of the molecule is O=C(CC1CCC1)Nc1ccnc(Br)c1. The van der Waals surface area contributed by atoms with Gasteiger partial charge in [-0.1, -0.05) is 6.42 Å². The quantitative estimate of drug-likeness (QED) is 0.857. The number of carbonyl (C=O) groups excluding carboxylic acids is 1. The van der Waals surface area contributed by atoms with Crippen molar-refractivity contribution in [2.75, 3.05) is 5.32 Å². The highest BCUT2D eigenvalue weighted by molar-refractivity contribution is 9.10. The van der Waals surface area contributed by atoms with Crippen LogP contribution >= 0.6 is 15.9 Å². The number of amides is 1. The summed E-state index contributed by atoms with van der Waals surface area (Å²) < 4.78 is 0.740. The van der Waals surface area contributed by atoms with Gasteiger partial charge in [0.25, 0.3) is 0 Å². The second-order valence-electron chi connectivity index (χ2n) is 3.92. The molecule has 2 rings (SSSR count). The fraction of sp³-hybridized carbons (Fsp3) is 0.455. The summed E-state index contributed by atoms with van der Waals surface area (Å²) in [6.07, 6.45) is 6.00. The average molecular weight is 269 g/mol. The third kappa shape index (κ3) is 3.02. The summed E-state index contributed by atoms with van der Waals surface area (Å²) in [4.78, 5) is 15.6. The van der Waals surface area contributed by atoms with Gasteiger partial charge in [0.05, 0.1) is 0 Å². The van der Waals surface area contributed by atoms with Gasteiger partial charge in [0.1, 0.15) is 4.60 Å². The molecule has 0 spiro atoms. The minimum absolute atomic E-state index is 0.109. The van der Waals surface area contributed by atoms with Crippen molar-refractivity contribution >= 4 is 27.5 Å². The summed E-state index contributed by atoms with van der Waals surface area (Å²) in [6.45, 7) is 0. The minimum Gasteiger partial charge on any atom is -0.326 e. The van der Waals surface area contributed by atoms with Crippen LogP contribution in [0.15, 0.2) is 22.9 Å². The Hall–Kier alpha value is -0.900. The molecule has 1 aromatic heterocycles. The highest BCUT2D eigenvalue weighted by Gasteiger charge is 2.20. The Labute approximate surface area is 97.4 Å². The lowest BCUT2D eigenvalue weighted by Crippen LogP contribution is -2.20. The molecule has 0 bridgehead atoms. The van der Waals surface area contributed by atoms with Gasteiger partial charge in [0.2, 0.25) is 5.91 Å². The van der Waals surface area contributed by atoms with E-state index in [9.17, 15) is 4.79 Å². The van der Waals surface area contributed by atoms with Gasteiger partial charge in [-0.25, -0.2) is 4.98 Å². The Morgan fingerprint density at radius 2 is 2.40 bits per heavy atom. The fourth-order valence-corrected chi connectivity index (χ4v) is 2.02. The van der Waals surface area contributed by atoms with Crippen molar-refractivity contribution in [3.05, 3.63) is 22.9 Å². The Morgan fingerprint density at radius 1 is 1.60 bits per heavy atom. The Kier molecular flexibility index (Phi) is 3.36. The van der Waals surface area contributed by atoms with Gasteiger partial charge >= 0.3 is 0 Å². The van der Waals surface area contributed by atoms with Crippen LogP contribution in [0.25, 0.3) is 0 Å². The van der Waals surface area contributed by atoms with Crippen LogP contribution in [0.5, 0.6) is 0 Å². The molecule has 0 radical (unpaired) electrons. The molecular weight excluding hydrogens is 256 g/mol. The van der Waals surface area contributed by atoms with E-state index in [1.165, 1.54) is 19.3 Å². The standard InChI is InChI=1S/C11H13BrN2O/c12-10-7-9(4-5-13-10)14-11(15)6-8-2-1-3-8/h4-5,7-8H,1-3,6H2,(H,13,14,15). The lowest BCUT2D eigenvalue weighted by Gasteiger charge is -2.24.